The van der Waals surface area contributed by atoms with Crippen molar-refractivity contribution in [3.8, 4) is 0 Å². The molecule has 3 radical (unpaired) electrons. The Hall–Kier alpha value is -7.04. The number of alkyl halides is 1. The molecule has 0 atom stereocenters. The van der Waals surface area contributed by atoms with E-state index in [-0.39, 0.29) is 98.6 Å². The van der Waals surface area contributed by atoms with Gasteiger partial charge in [-0.25, -0.2) is 56.9 Å². The van der Waals surface area contributed by atoms with Crippen LogP contribution >= 0.6 is 39.9 Å². The molecule has 0 unspecified atom stereocenters. The number of halogens is 15. The van der Waals surface area contributed by atoms with Crippen LogP contribution in [0.1, 0.15) is 279 Å². The third kappa shape index (κ3) is 35.9. The van der Waals surface area contributed by atoms with Gasteiger partial charge in [-0.05, 0) is 295 Å². The first-order valence-corrected chi connectivity index (χ1v) is 53.8. The van der Waals surface area contributed by atoms with Crippen molar-refractivity contribution in [3.63, 3.8) is 0 Å². The molecular formula is C112H136BCl3F12NaO11PS+. The predicted octanol–water partition coefficient (Wildman–Crippen LogP) is 24.7. The van der Waals surface area contributed by atoms with E-state index in [1.54, 1.807) is 95.3 Å². The van der Waals surface area contributed by atoms with Crippen LogP contribution in [0.3, 0.4) is 0 Å². The van der Waals surface area contributed by atoms with Crippen LogP contribution < -0.4 is 45.5 Å². The van der Waals surface area contributed by atoms with Crippen LogP contribution in [0.4, 0.5) is 52.7 Å². The monoisotopic (exact) mass is 2090 g/mol. The number of aliphatic hydroxyl groups is 1. The normalized spacial score (nSPS) is 21.0. The molecule has 9 fully saturated rings. The Bertz CT molecular complexity index is 5260. The smallest absolute Gasteiger partial charge is 1.00 e. The SMILES string of the molecule is C=P(c1ccccc1)(c1ccccc1)c1ccccc1.CC1CCC(C=O)CC1.Cc1ccc(C2CCC(=O)CC2)c(F)c1F.Cc1ccc(C2CCC(C=O)CC2)c(F)c1F.Cc1ccc(C2CCC(CCl)CC2)c(F)c1F.Cc1ccc(C2CCC(CO)CC2)c(F)c1F.Cc1ccc(C2CCC3(CC2)OCCO3)c(F)c1F.Cc1cccc(F)c1F.O=C1CCC2(CC1)OCCO2.O=S(Cl)Cl.[B].[H-].[Na+].[OH3+]. The summed E-state index contributed by atoms with van der Waals surface area (Å²) in [6.07, 6.45) is 30.1. The number of rotatable bonds is 12. The van der Waals surface area contributed by atoms with Crippen LogP contribution in [-0.4, -0.2) is 98.7 Å². The molecule has 769 valence electrons. The summed E-state index contributed by atoms with van der Waals surface area (Å²) in [6, 6.07) is 52.7. The zero-order valence-corrected chi connectivity index (χ0v) is 88.6. The molecule has 2 heterocycles. The van der Waals surface area contributed by atoms with Crippen LogP contribution in [-0.2, 0) is 52.8 Å². The second kappa shape index (κ2) is 61.7. The van der Waals surface area contributed by atoms with E-state index in [1.807, 2.05) is 0 Å². The number of aliphatic hydroxyl groups excluding tert-OH is 1. The van der Waals surface area contributed by atoms with Crippen LogP contribution in [0.25, 0.3) is 0 Å². The Balaban J connectivity index is 0.000000284. The van der Waals surface area contributed by atoms with Gasteiger partial charge >= 0.3 is 29.6 Å². The number of carbonyl (C=O) groups excluding carboxylic acids is 4. The maximum atomic E-state index is 14.0. The largest absolute Gasteiger partial charge is 1.00 e. The van der Waals surface area contributed by atoms with E-state index in [1.165, 1.54) is 47.8 Å². The van der Waals surface area contributed by atoms with Gasteiger partial charge in [0.1, 0.15) is 24.1 Å². The van der Waals surface area contributed by atoms with E-state index < -0.39 is 91.7 Å². The van der Waals surface area contributed by atoms with Gasteiger partial charge in [-0.1, -0.05) is 190 Å². The molecule has 18 rings (SSSR count). The molecule has 7 aliphatic carbocycles. The summed E-state index contributed by atoms with van der Waals surface area (Å²) in [6.45, 7) is 12.7. The Morgan fingerprint density at radius 1 is 0.373 bits per heavy atom. The zero-order valence-electron chi connectivity index (χ0n) is 83.6. The molecule has 0 amide bonds. The van der Waals surface area contributed by atoms with Gasteiger partial charge in [-0.2, -0.15) is 0 Å². The maximum absolute atomic E-state index is 14.0. The van der Waals surface area contributed by atoms with Gasteiger partial charge in [-0.15, -0.1) is 11.6 Å². The fraction of sp³-hybridized carbons (Fsp3) is 0.473. The Morgan fingerprint density at radius 3 is 0.930 bits per heavy atom. The number of hydrogen-bond donors (Lipinski definition) is 1. The standard InChI is InChI=1S/C19H17P.C15H18F2O2.C14H17ClF2.C14H18F2O.C14H16F2O.C13H14F2O.C8H12O3.C8H14O.C7H6F2.B.Cl2OS.Na.H2O.H/c1-20(17-11-5-2-6-12-17,18-13-7-3-8-14-18)19-15-9-4-10-16-19;1-10-2-3-12(14(17)13(10)16)11-4-6-15(7-5-11)18-8-9-19-15;1-9-2-7-12(14(17)13(9)16)11-5-3-10(8-15)4-6-11;2*1-9-2-7-12(14(16)13(9)15)11-5-3-10(8-17)4-6-11;1-8-2-7-11(13(15)12(8)14)9-3-5-10(16)6-4-9;9-7-1-3-8(4-2-7)10-5-6-11-8;1-7-2-4-8(6-9)5-3-7;1-5-3-2-4-6(8)7(5)9;;1-4(2)3;;;/h2-16H,1H2;2-3,11H,4-9H2,1H3;2,7,10-11H,3-6,8H2,1H3;2,7,10-11,17H,3-6,8H2,1H3;2,7-8,10-11H,3-6H2,1H3;2,7,9H,3-6H2,1H3;1-6H2;6-8H,2-5H2,1H3;2-4H,1H3;;;;1H2;/q;;;;;;;;;;;+1;;-1/p+1. The number of carbonyl (C=O) groups is 4. The molecular weight excluding hydrogens is 1950 g/mol. The van der Waals surface area contributed by atoms with Gasteiger partial charge in [0.15, 0.2) is 81.4 Å². The summed E-state index contributed by atoms with van der Waals surface area (Å²) >= 11 is 5.82. The summed E-state index contributed by atoms with van der Waals surface area (Å²) in [7, 11) is 7.36. The van der Waals surface area contributed by atoms with Gasteiger partial charge in [0.05, 0.1) is 26.4 Å². The fourth-order valence-corrected chi connectivity index (χ4v) is 22.6. The third-order valence-corrected chi connectivity index (χ3v) is 32.3. The van der Waals surface area contributed by atoms with Crippen molar-refractivity contribution in [1.82, 2.24) is 0 Å². The van der Waals surface area contributed by atoms with E-state index >= 15 is 0 Å². The van der Waals surface area contributed by atoms with Crippen LogP contribution in [0, 0.1) is 141 Å². The van der Waals surface area contributed by atoms with E-state index in [4.69, 9.17) is 46.2 Å². The first kappa shape index (κ1) is 124. The van der Waals surface area contributed by atoms with Crippen molar-refractivity contribution in [2.45, 2.75) is 269 Å². The van der Waals surface area contributed by atoms with Crippen LogP contribution in [0.15, 0.2) is 170 Å². The number of aryl methyl sites for hydroxylation is 6. The van der Waals surface area contributed by atoms with E-state index in [2.05, 4.69) is 119 Å². The molecule has 2 saturated heterocycles. The van der Waals surface area contributed by atoms with E-state index in [0.29, 0.717) is 156 Å². The molecule has 9 aromatic carbocycles. The van der Waals surface area contributed by atoms with Gasteiger partial charge in [0.25, 0.3) is 0 Å². The first-order valence-electron chi connectivity index (χ1n) is 48.4. The van der Waals surface area contributed by atoms with Crippen LogP contribution in [0.5, 0.6) is 0 Å². The van der Waals surface area contributed by atoms with Gasteiger partial charge in [0.2, 0.25) is 9.23 Å². The van der Waals surface area contributed by atoms with Gasteiger partial charge in [-0.3, -0.25) is 9.59 Å². The fourth-order valence-electron chi connectivity index (χ4n) is 19.4. The molecule has 30 heteroatoms. The summed E-state index contributed by atoms with van der Waals surface area (Å²) in [5.41, 5.74) is 4.54. The minimum Gasteiger partial charge on any atom is -1.00 e. The summed E-state index contributed by atoms with van der Waals surface area (Å²) in [5, 5.41) is 13.0. The maximum Gasteiger partial charge on any atom is 1.00 e. The predicted molar refractivity (Wildman–Crippen MR) is 546 cm³/mol. The summed E-state index contributed by atoms with van der Waals surface area (Å²) in [4.78, 5) is 42.9. The number of aldehydes is 2. The van der Waals surface area contributed by atoms with Crippen molar-refractivity contribution < 1.29 is 137 Å². The van der Waals surface area contributed by atoms with Crippen LogP contribution in [0.2, 0.25) is 0 Å². The number of hydrogen-bond acceptors (Lipinski definition) is 10. The molecule has 11 nitrogen and oxygen atoms in total. The zero-order chi connectivity index (χ0) is 101. The average Bonchev–Trinajstić information content (AvgIpc) is 1.30. The number of Topliss-reactive ketones (excluding diaryl/α,β-unsaturated/α-hetero) is 2. The molecule has 142 heavy (non-hydrogen) atoms. The van der Waals surface area contributed by atoms with Gasteiger partial charge < -0.3 is 40.5 Å². The average molecular weight is 2090 g/mol. The minimum absolute atomic E-state index is 0. The molecule has 2 aliphatic heterocycles. The van der Waals surface area contributed by atoms with Crippen molar-refractivity contribution >= 4 is 104 Å². The quantitative estimate of drug-likeness (QED) is 0.0236. The first-order chi connectivity index (χ1) is 66.5. The molecule has 2 spiro atoms. The Morgan fingerprint density at radius 2 is 0.641 bits per heavy atom. The number of benzene rings is 9. The van der Waals surface area contributed by atoms with E-state index in [0.717, 1.165) is 153 Å². The Kier molecular flexibility index (Phi) is 53.7. The van der Waals surface area contributed by atoms with Gasteiger partial charge in [0, 0.05) is 105 Å². The molecule has 4 N–H and O–H groups in total. The number of ketones is 2. The minimum atomic E-state index is -1.78. The molecule has 0 aromatic heterocycles. The molecule has 0 bridgehead atoms. The summed E-state index contributed by atoms with van der Waals surface area (Å²) in [5.74, 6) is -5.57. The molecule has 9 aliphatic rings. The number of ether oxygens (including phenoxy) is 4. The molecule has 7 saturated carbocycles. The third-order valence-electron chi connectivity index (χ3n) is 28.3. The van der Waals surface area contributed by atoms with Crippen molar-refractivity contribution in [1.29, 1.82) is 0 Å². The van der Waals surface area contributed by atoms with Crippen molar-refractivity contribution in [2.75, 3.05) is 38.9 Å². The Labute approximate surface area is 872 Å². The van der Waals surface area contributed by atoms with Crippen molar-refractivity contribution in [3.05, 3.63) is 301 Å². The second-order valence-corrected chi connectivity index (χ2v) is 43.9. The molecule has 9 aromatic rings. The topological polar surface area (TPSA) is 176 Å². The van der Waals surface area contributed by atoms with E-state index in [9.17, 15) is 71.9 Å². The second-order valence-electron chi connectivity index (χ2n) is 37.9. The summed E-state index contributed by atoms with van der Waals surface area (Å²) < 4.78 is 192. The van der Waals surface area contributed by atoms with Crippen molar-refractivity contribution in [2.24, 2.45) is 29.6 Å².